The zero-order valence-electron chi connectivity index (χ0n) is 22.2. The topological polar surface area (TPSA) is 59.4 Å². The van der Waals surface area contributed by atoms with Crippen LogP contribution in [0.3, 0.4) is 0 Å². The number of hydrogen-bond acceptors (Lipinski definition) is 3. The Morgan fingerprint density at radius 3 is 2.49 bits per heavy atom. The van der Waals surface area contributed by atoms with Gasteiger partial charge in [0.25, 0.3) is 0 Å². The molecule has 0 N–H and O–H groups in total. The van der Waals surface area contributed by atoms with E-state index < -0.39 is 0 Å². The number of aryl methyl sites for hydroxylation is 3. The lowest BCUT2D eigenvalue weighted by Gasteiger charge is -2.12. The van der Waals surface area contributed by atoms with Crippen molar-refractivity contribution in [3.8, 4) is 28.6 Å². The van der Waals surface area contributed by atoms with Crippen LogP contribution in [0.5, 0.6) is 0 Å². The van der Waals surface area contributed by atoms with Crippen molar-refractivity contribution in [2.45, 2.75) is 33.2 Å². The van der Waals surface area contributed by atoms with Gasteiger partial charge in [-0.15, -0.1) is 0 Å². The average molecular weight is 575 g/mol. The van der Waals surface area contributed by atoms with E-state index in [9.17, 15) is 5.26 Å². The van der Waals surface area contributed by atoms with Crippen molar-refractivity contribution in [2.24, 2.45) is 7.05 Å². The van der Waals surface area contributed by atoms with Crippen LogP contribution in [-0.4, -0.2) is 19.1 Å². The van der Waals surface area contributed by atoms with Crippen LogP contribution in [-0.2, 0) is 20.0 Å². The monoisotopic (exact) mass is 573 g/mol. The van der Waals surface area contributed by atoms with Crippen molar-refractivity contribution >= 4 is 38.0 Å². The normalized spacial score (nSPS) is 11.4. The maximum absolute atomic E-state index is 9.96. The molecule has 6 heteroatoms. The van der Waals surface area contributed by atoms with E-state index >= 15 is 0 Å². The molecule has 4 aromatic carbocycles. The van der Waals surface area contributed by atoms with Gasteiger partial charge in [0, 0.05) is 30.0 Å². The Bertz CT molecular complexity index is 1890. The Morgan fingerprint density at radius 1 is 0.897 bits per heavy atom. The van der Waals surface area contributed by atoms with Gasteiger partial charge in [-0.2, -0.15) is 5.26 Å². The molecule has 0 unspecified atom stereocenters. The molecule has 0 bridgehead atoms. The van der Waals surface area contributed by atoms with Crippen LogP contribution in [0.15, 0.2) is 83.3 Å². The highest BCUT2D eigenvalue weighted by molar-refractivity contribution is 9.10. The number of rotatable bonds is 6. The van der Waals surface area contributed by atoms with Gasteiger partial charge in [-0.3, -0.25) is 0 Å². The molecule has 192 valence electrons. The first-order chi connectivity index (χ1) is 19.0. The van der Waals surface area contributed by atoms with Crippen LogP contribution in [0.1, 0.15) is 35.9 Å². The van der Waals surface area contributed by atoms with Gasteiger partial charge in [0.2, 0.25) is 0 Å². The van der Waals surface area contributed by atoms with Gasteiger partial charge in [-0.05, 0) is 72.0 Å². The molecule has 0 amide bonds. The zero-order chi connectivity index (χ0) is 27.1. The summed E-state index contributed by atoms with van der Waals surface area (Å²) in [7, 11) is 2.07. The first-order valence-corrected chi connectivity index (χ1v) is 14.0. The molecule has 0 aliphatic carbocycles. The van der Waals surface area contributed by atoms with Crippen LogP contribution in [0.2, 0.25) is 0 Å². The summed E-state index contributed by atoms with van der Waals surface area (Å²) in [5, 5.41) is 9.96. The molecule has 0 saturated carbocycles. The zero-order valence-corrected chi connectivity index (χ0v) is 23.8. The van der Waals surface area contributed by atoms with Crippen LogP contribution >= 0.6 is 15.9 Å². The second kappa shape index (κ2) is 10.2. The summed E-state index contributed by atoms with van der Waals surface area (Å²) in [5.74, 6) is 1.99. The van der Waals surface area contributed by atoms with Crippen molar-refractivity contribution < 1.29 is 0 Å². The molecule has 5 nitrogen and oxygen atoms in total. The van der Waals surface area contributed by atoms with E-state index in [0.717, 1.165) is 78.8 Å². The molecule has 0 radical (unpaired) electrons. The quantitative estimate of drug-likeness (QED) is 0.202. The van der Waals surface area contributed by atoms with E-state index in [1.807, 2.05) is 42.5 Å². The molecular formula is C33H28BrN5. The van der Waals surface area contributed by atoms with Crippen LogP contribution < -0.4 is 0 Å². The molecule has 0 atom stereocenters. The number of fused-ring (bicyclic) bond motifs is 2. The molecule has 2 aromatic heterocycles. The van der Waals surface area contributed by atoms with E-state index in [4.69, 9.17) is 9.97 Å². The summed E-state index contributed by atoms with van der Waals surface area (Å²) >= 11 is 3.57. The van der Waals surface area contributed by atoms with E-state index in [2.05, 4.69) is 88.4 Å². The second-order valence-corrected chi connectivity index (χ2v) is 10.9. The summed E-state index contributed by atoms with van der Waals surface area (Å²) in [6.45, 7) is 4.95. The van der Waals surface area contributed by atoms with Crippen molar-refractivity contribution in [3.05, 3.63) is 106 Å². The van der Waals surface area contributed by atoms with E-state index in [1.165, 1.54) is 0 Å². The van der Waals surface area contributed by atoms with E-state index in [-0.39, 0.29) is 0 Å². The highest BCUT2D eigenvalue weighted by atomic mass is 79.9. The van der Waals surface area contributed by atoms with Crippen molar-refractivity contribution in [1.82, 2.24) is 19.1 Å². The van der Waals surface area contributed by atoms with Crippen LogP contribution in [0, 0.1) is 18.3 Å². The summed E-state index contributed by atoms with van der Waals surface area (Å²) < 4.78 is 5.48. The lowest BCUT2D eigenvalue weighted by atomic mass is 9.98. The number of benzene rings is 4. The third-order valence-corrected chi connectivity index (χ3v) is 7.82. The average Bonchev–Trinajstić information content (AvgIpc) is 3.46. The predicted octanol–water partition coefficient (Wildman–Crippen LogP) is 8.20. The molecule has 0 saturated heterocycles. The number of hydrogen-bond donors (Lipinski definition) is 0. The molecular weight excluding hydrogens is 546 g/mol. The lowest BCUT2D eigenvalue weighted by Crippen LogP contribution is -2.06. The third kappa shape index (κ3) is 4.53. The summed E-state index contributed by atoms with van der Waals surface area (Å²) in [4.78, 5) is 10.1. The van der Waals surface area contributed by atoms with Gasteiger partial charge in [-0.1, -0.05) is 65.3 Å². The standard InChI is InChI=1S/C33H28BrN5/c1-4-8-31-37-32-21(2)15-24(33-36-28-18-26(34)12-14-29(28)38(33)3)17-30(32)39(31)20-22-11-13-27(25(16-22)19-35)23-9-6-5-7-10-23/h5-7,9-18H,4,8,20H2,1-3H3. The molecule has 39 heavy (non-hydrogen) atoms. The summed E-state index contributed by atoms with van der Waals surface area (Å²) in [5.41, 5.74) is 10.1. The summed E-state index contributed by atoms with van der Waals surface area (Å²) in [6, 6.07) is 29.3. The number of aromatic nitrogens is 4. The minimum absolute atomic E-state index is 0.647. The maximum Gasteiger partial charge on any atom is 0.140 e. The number of nitrogens with zero attached hydrogens (tertiary/aromatic N) is 5. The Hall–Kier alpha value is -4.21. The Balaban J connectivity index is 1.47. The fraction of sp³-hybridized carbons (Fsp3) is 0.182. The van der Waals surface area contributed by atoms with Gasteiger partial charge in [0.05, 0.1) is 33.7 Å². The van der Waals surface area contributed by atoms with Gasteiger partial charge in [0.15, 0.2) is 0 Å². The van der Waals surface area contributed by atoms with Gasteiger partial charge < -0.3 is 9.13 Å². The molecule has 6 rings (SSSR count). The minimum Gasteiger partial charge on any atom is -0.327 e. The minimum atomic E-state index is 0.647. The van der Waals surface area contributed by atoms with Crippen molar-refractivity contribution in [2.75, 3.05) is 0 Å². The Morgan fingerprint density at radius 2 is 1.72 bits per heavy atom. The SMILES string of the molecule is CCCc1nc2c(C)cc(-c3nc4cc(Br)ccc4n3C)cc2n1Cc1ccc(-c2ccccc2)c(C#N)c1. The highest BCUT2D eigenvalue weighted by Gasteiger charge is 2.18. The molecule has 2 heterocycles. The third-order valence-electron chi connectivity index (χ3n) is 7.33. The maximum atomic E-state index is 9.96. The highest BCUT2D eigenvalue weighted by Crippen LogP contribution is 2.32. The van der Waals surface area contributed by atoms with E-state index in [1.54, 1.807) is 0 Å². The Kier molecular flexibility index (Phi) is 6.54. The first kappa shape index (κ1) is 25.1. The smallest absolute Gasteiger partial charge is 0.140 e. The second-order valence-electron chi connectivity index (χ2n) is 10.0. The van der Waals surface area contributed by atoms with Gasteiger partial charge in [0.1, 0.15) is 11.6 Å². The van der Waals surface area contributed by atoms with Crippen molar-refractivity contribution in [1.29, 1.82) is 5.26 Å². The van der Waals surface area contributed by atoms with E-state index in [0.29, 0.717) is 12.1 Å². The van der Waals surface area contributed by atoms with Crippen molar-refractivity contribution in [3.63, 3.8) is 0 Å². The molecule has 0 aliphatic heterocycles. The first-order valence-electron chi connectivity index (χ1n) is 13.2. The number of halogens is 1. The molecule has 6 aromatic rings. The lowest BCUT2D eigenvalue weighted by molar-refractivity contribution is 0.721. The molecule has 0 fully saturated rings. The molecule has 0 spiro atoms. The van der Waals surface area contributed by atoms with Crippen LogP contribution in [0.25, 0.3) is 44.6 Å². The fourth-order valence-corrected chi connectivity index (χ4v) is 5.78. The van der Waals surface area contributed by atoms with Crippen LogP contribution in [0.4, 0.5) is 0 Å². The van der Waals surface area contributed by atoms with Gasteiger partial charge in [-0.25, -0.2) is 9.97 Å². The summed E-state index contributed by atoms with van der Waals surface area (Å²) in [6.07, 6.45) is 1.89. The Labute approximate surface area is 236 Å². The number of imidazole rings is 2. The predicted molar refractivity (Wildman–Crippen MR) is 162 cm³/mol. The number of nitriles is 1. The fourth-order valence-electron chi connectivity index (χ4n) is 5.43. The molecule has 0 aliphatic rings. The largest absolute Gasteiger partial charge is 0.327 e. The van der Waals surface area contributed by atoms with Gasteiger partial charge >= 0.3 is 0 Å².